The summed E-state index contributed by atoms with van der Waals surface area (Å²) in [4.78, 5) is 42.3. The minimum Gasteiger partial charge on any atom is -0.387 e. The van der Waals surface area contributed by atoms with Gasteiger partial charge in [-0.3, -0.25) is 18.9 Å². The molecule has 1 aromatic heterocycles. The largest absolute Gasteiger partial charge is 0.469 e. The Labute approximate surface area is 123 Å². The zero-order valence-corrected chi connectivity index (χ0v) is 12.2. The van der Waals surface area contributed by atoms with Crippen LogP contribution >= 0.6 is 7.82 Å². The van der Waals surface area contributed by atoms with E-state index in [4.69, 9.17) is 14.5 Å². The lowest BCUT2D eigenvalue weighted by Gasteiger charge is -2.17. The summed E-state index contributed by atoms with van der Waals surface area (Å²) in [7, 11) is -4.77. The van der Waals surface area contributed by atoms with E-state index in [1.807, 2.05) is 4.98 Å². The molecule has 0 amide bonds. The first kappa shape index (κ1) is 17.0. The van der Waals surface area contributed by atoms with Crippen LogP contribution in [0.4, 0.5) is 0 Å². The second kappa shape index (κ2) is 6.05. The second-order valence-electron chi connectivity index (χ2n) is 4.81. The Bertz CT molecular complexity index is 707. The first-order chi connectivity index (χ1) is 10.1. The number of ether oxygens (including phenoxy) is 1. The predicted octanol–water partition coefficient (Wildman–Crippen LogP) is -2.43. The maximum absolute atomic E-state index is 11.7. The average Bonchev–Trinajstić information content (AvgIpc) is 2.68. The van der Waals surface area contributed by atoms with Crippen molar-refractivity contribution >= 4 is 7.82 Å². The summed E-state index contributed by atoms with van der Waals surface area (Å²) in [6.07, 6.45) is -4.52. The topological polar surface area (TPSA) is 171 Å². The van der Waals surface area contributed by atoms with Crippen molar-refractivity contribution in [2.24, 2.45) is 0 Å². The summed E-state index contributed by atoms with van der Waals surface area (Å²) in [5.74, 6) is 0. The number of phosphoric acid groups is 1. The number of aliphatic hydroxyl groups is 2. The highest BCUT2D eigenvalue weighted by atomic mass is 31.2. The maximum atomic E-state index is 11.7. The first-order valence-electron chi connectivity index (χ1n) is 6.14. The Morgan fingerprint density at radius 1 is 1.36 bits per heavy atom. The van der Waals surface area contributed by atoms with Crippen LogP contribution in [0, 0.1) is 6.92 Å². The molecular weight excluding hydrogens is 323 g/mol. The molecule has 1 aromatic rings. The molecule has 0 radical (unpaired) electrons. The van der Waals surface area contributed by atoms with Crippen LogP contribution in [0.1, 0.15) is 11.8 Å². The molecule has 1 aliphatic heterocycles. The number of rotatable bonds is 4. The van der Waals surface area contributed by atoms with E-state index in [0.29, 0.717) is 0 Å². The van der Waals surface area contributed by atoms with Crippen molar-refractivity contribution in [3.63, 3.8) is 0 Å². The highest BCUT2D eigenvalue weighted by molar-refractivity contribution is 7.46. The molecule has 0 aliphatic carbocycles. The van der Waals surface area contributed by atoms with Gasteiger partial charge in [0.05, 0.1) is 6.61 Å². The molecule has 22 heavy (non-hydrogen) atoms. The number of H-pyrrole nitrogens is 1. The highest BCUT2D eigenvalue weighted by Crippen LogP contribution is 2.38. The van der Waals surface area contributed by atoms with Crippen LogP contribution in [0.3, 0.4) is 0 Å². The van der Waals surface area contributed by atoms with E-state index in [1.54, 1.807) is 0 Å². The SMILES string of the molecule is Cc1cn([C@@H]2O[C@H](COP(=O)(O)O)C(O)[C@H]2O)c(=O)[nH]c1=O. The summed E-state index contributed by atoms with van der Waals surface area (Å²) in [6.45, 7) is 0.747. The fraction of sp³-hybridized carbons (Fsp3) is 0.600. The zero-order chi connectivity index (χ0) is 16.7. The summed E-state index contributed by atoms with van der Waals surface area (Å²) >= 11 is 0. The number of aryl methyl sites for hydroxylation is 1. The van der Waals surface area contributed by atoms with Crippen LogP contribution in [-0.4, -0.2) is 54.5 Å². The van der Waals surface area contributed by atoms with Gasteiger partial charge in [0.25, 0.3) is 5.56 Å². The quantitative estimate of drug-likeness (QED) is 0.374. The van der Waals surface area contributed by atoms with Crippen LogP contribution in [0.15, 0.2) is 15.8 Å². The van der Waals surface area contributed by atoms with E-state index in [2.05, 4.69) is 4.52 Å². The predicted molar refractivity (Wildman–Crippen MR) is 70.0 cm³/mol. The summed E-state index contributed by atoms with van der Waals surface area (Å²) in [5.41, 5.74) is -1.28. The molecule has 2 heterocycles. The fourth-order valence-electron chi connectivity index (χ4n) is 2.04. The van der Waals surface area contributed by atoms with Gasteiger partial charge in [0.15, 0.2) is 6.23 Å². The average molecular weight is 338 g/mol. The molecule has 5 N–H and O–H groups in total. The van der Waals surface area contributed by atoms with Crippen LogP contribution in [0.5, 0.6) is 0 Å². The number of aliphatic hydroxyl groups excluding tert-OH is 2. The van der Waals surface area contributed by atoms with Crippen LogP contribution in [0.2, 0.25) is 0 Å². The van der Waals surface area contributed by atoms with Gasteiger partial charge in [-0.05, 0) is 6.92 Å². The molecule has 4 atom stereocenters. The molecule has 11 nitrogen and oxygen atoms in total. The Morgan fingerprint density at radius 3 is 2.59 bits per heavy atom. The molecule has 124 valence electrons. The molecule has 0 spiro atoms. The maximum Gasteiger partial charge on any atom is 0.469 e. The lowest BCUT2D eigenvalue weighted by atomic mass is 10.1. The molecule has 1 aliphatic rings. The molecular formula is C10H15N2O9P. The summed E-state index contributed by atoms with van der Waals surface area (Å²) in [6, 6.07) is 0. The Morgan fingerprint density at radius 2 is 2.00 bits per heavy atom. The molecule has 12 heteroatoms. The van der Waals surface area contributed by atoms with Gasteiger partial charge < -0.3 is 24.7 Å². The number of nitrogens with zero attached hydrogens (tertiary/aromatic N) is 1. The van der Waals surface area contributed by atoms with Gasteiger partial charge >= 0.3 is 13.5 Å². The Hall–Kier alpha value is -1.33. The monoisotopic (exact) mass is 338 g/mol. The van der Waals surface area contributed by atoms with Gasteiger partial charge in [-0.1, -0.05) is 0 Å². The minimum absolute atomic E-state index is 0.180. The van der Waals surface area contributed by atoms with Gasteiger partial charge in [0, 0.05) is 11.8 Å². The molecule has 0 bridgehead atoms. The second-order valence-corrected chi connectivity index (χ2v) is 6.05. The number of hydrogen-bond donors (Lipinski definition) is 5. The third-order valence-electron chi connectivity index (χ3n) is 3.16. The summed E-state index contributed by atoms with van der Waals surface area (Å²) in [5, 5.41) is 19.7. The van der Waals surface area contributed by atoms with Crippen molar-refractivity contribution in [3.05, 3.63) is 32.6 Å². The van der Waals surface area contributed by atoms with E-state index in [9.17, 15) is 24.4 Å². The molecule has 1 fully saturated rings. The van der Waals surface area contributed by atoms with E-state index >= 15 is 0 Å². The van der Waals surface area contributed by atoms with Crippen molar-refractivity contribution in [1.29, 1.82) is 0 Å². The van der Waals surface area contributed by atoms with Gasteiger partial charge in [-0.2, -0.15) is 0 Å². The number of aromatic amines is 1. The first-order valence-corrected chi connectivity index (χ1v) is 7.67. The number of nitrogens with one attached hydrogen (secondary N) is 1. The van der Waals surface area contributed by atoms with Crippen molar-refractivity contribution in [3.8, 4) is 0 Å². The standard InChI is InChI=1S/C10H15N2O9P/c1-4-2-12(10(16)11-8(4)15)9-7(14)6(13)5(21-9)3-20-22(17,18)19/h2,5-7,9,13-14H,3H2,1H3,(H,11,15,16)(H2,17,18,19)/t5-,6?,7-,9-/m1/s1. The molecule has 2 rings (SSSR count). The normalized spacial score (nSPS) is 29.0. The van der Waals surface area contributed by atoms with E-state index in [0.717, 1.165) is 10.8 Å². The van der Waals surface area contributed by atoms with Crippen LogP contribution in [-0.2, 0) is 13.8 Å². The molecule has 1 unspecified atom stereocenters. The fourth-order valence-corrected chi connectivity index (χ4v) is 2.38. The zero-order valence-electron chi connectivity index (χ0n) is 11.3. The third kappa shape index (κ3) is 3.52. The summed E-state index contributed by atoms with van der Waals surface area (Å²) < 4.78 is 20.9. The number of aromatic nitrogens is 2. The van der Waals surface area contributed by atoms with Crippen LogP contribution in [0.25, 0.3) is 0 Å². The van der Waals surface area contributed by atoms with Crippen LogP contribution < -0.4 is 11.2 Å². The highest BCUT2D eigenvalue weighted by Gasteiger charge is 2.45. The van der Waals surface area contributed by atoms with Crippen molar-refractivity contribution in [2.45, 2.75) is 31.5 Å². The van der Waals surface area contributed by atoms with Gasteiger partial charge in [0.2, 0.25) is 0 Å². The van der Waals surface area contributed by atoms with Crippen molar-refractivity contribution in [2.75, 3.05) is 6.61 Å². The Kier molecular flexibility index (Phi) is 4.68. The smallest absolute Gasteiger partial charge is 0.387 e. The number of phosphoric ester groups is 1. The van der Waals surface area contributed by atoms with Gasteiger partial charge in [0.1, 0.15) is 18.3 Å². The lowest BCUT2D eigenvalue weighted by Crippen LogP contribution is -2.38. The van der Waals surface area contributed by atoms with Crippen molar-refractivity contribution in [1.82, 2.24) is 9.55 Å². The molecule has 1 saturated heterocycles. The van der Waals surface area contributed by atoms with E-state index in [1.165, 1.54) is 6.92 Å². The third-order valence-corrected chi connectivity index (χ3v) is 3.65. The molecule has 0 aromatic carbocycles. The number of hydrogen-bond acceptors (Lipinski definition) is 7. The van der Waals surface area contributed by atoms with E-state index < -0.39 is 50.2 Å². The van der Waals surface area contributed by atoms with Gasteiger partial charge in [-0.25, -0.2) is 9.36 Å². The van der Waals surface area contributed by atoms with E-state index in [-0.39, 0.29) is 5.56 Å². The minimum atomic E-state index is -4.77. The Balaban J connectivity index is 2.23. The lowest BCUT2D eigenvalue weighted by molar-refractivity contribution is -0.0543. The molecule has 0 saturated carbocycles. The van der Waals surface area contributed by atoms with Crippen molar-refractivity contribution < 1.29 is 33.8 Å². The van der Waals surface area contributed by atoms with Gasteiger partial charge in [-0.15, -0.1) is 0 Å².